The number of benzene rings is 1. The van der Waals surface area contributed by atoms with Crippen molar-refractivity contribution in [1.82, 2.24) is 5.32 Å². The number of hydrogen-bond acceptors (Lipinski definition) is 3. The SMILES string of the molecule is Cc1c(Cl)cc(C(=O)NCC(F)F)cc1S(N)(=O)=O. The average molecular weight is 313 g/mol. The third-order valence-corrected chi connectivity index (χ3v) is 3.71. The Kier molecular flexibility index (Phi) is 4.83. The highest BCUT2D eigenvalue weighted by atomic mass is 35.5. The number of alkyl halides is 2. The molecule has 0 radical (unpaired) electrons. The average Bonchev–Trinajstić information content (AvgIpc) is 2.27. The number of primary sulfonamides is 1. The summed E-state index contributed by atoms with van der Waals surface area (Å²) in [6.45, 7) is 0.581. The fraction of sp³-hybridized carbons (Fsp3) is 0.300. The smallest absolute Gasteiger partial charge is 0.255 e. The van der Waals surface area contributed by atoms with E-state index in [0.717, 1.165) is 6.07 Å². The van der Waals surface area contributed by atoms with Crippen molar-refractivity contribution < 1.29 is 22.0 Å². The van der Waals surface area contributed by atoms with Gasteiger partial charge in [0.1, 0.15) is 0 Å². The van der Waals surface area contributed by atoms with Crippen molar-refractivity contribution in [3.63, 3.8) is 0 Å². The Bertz CT molecular complexity index is 605. The van der Waals surface area contributed by atoms with Gasteiger partial charge in [0.15, 0.2) is 0 Å². The van der Waals surface area contributed by atoms with Gasteiger partial charge in [-0.3, -0.25) is 4.79 Å². The summed E-state index contributed by atoms with van der Waals surface area (Å²) in [5, 5.41) is 6.93. The molecule has 0 heterocycles. The topological polar surface area (TPSA) is 89.3 Å². The highest BCUT2D eigenvalue weighted by Gasteiger charge is 2.18. The molecule has 0 aliphatic rings. The first kappa shape index (κ1) is 15.8. The Morgan fingerprint density at radius 3 is 2.53 bits per heavy atom. The summed E-state index contributed by atoms with van der Waals surface area (Å²) >= 11 is 5.78. The lowest BCUT2D eigenvalue weighted by molar-refractivity contribution is 0.0891. The van der Waals surface area contributed by atoms with E-state index in [1.165, 1.54) is 13.0 Å². The van der Waals surface area contributed by atoms with Gasteiger partial charge in [0.05, 0.1) is 11.4 Å². The van der Waals surface area contributed by atoms with Crippen molar-refractivity contribution in [1.29, 1.82) is 0 Å². The minimum Gasteiger partial charge on any atom is -0.346 e. The third-order valence-electron chi connectivity index (χ3n) is 2.28. The van der Waals surface area contributed by atoms with Crippen LogP contribution in [0.5, 0.6) is 0 Å². The minimum absolute atomic E-state index is 0.00808. The highest BCUT2D eigenvalue weighted by molar-refractivity contribution is 7.89. The molecule has 0 aliphatic heterocycles. The van der Waals surface area contributed by atoms with Crippen LogP contribution in [-0.2, 0) is 10.0 Å². The van der Waals surface area contributed by atoms with E-state index in [0.29, 0.717) is 0 Å². The van der Waals surface area contributed by atoms with Gasteiger partial charge in [-0.1, -0.05) is 11.6 Å². The molecule has 3 N–H and O–H groups in total. The first-order chi connectivity index (χ1) is 8.62. The number of nitrogens with two attached hydrogens (primary N) is 1. The largest absolute Gasteiger partial charge is 0.346 e. The molecule has 19 heavy (non-hydrogen) atoms. The number of amides is 1. The van der Waals surface area contributed by atoms with Crippen LogP contribution in [0.1, 0.15) is 15.9 Å². The van der Waals surface area contributed by atoms with E-state index in [1.807, 2.05) is 5.32 Å². The van der Waals surface area contributed by atoms with Crippen LogP contribution < -0.4 is 10.5 Å². The summed E-state index contributed by atoms with van der Waals surface area (Å²) in [7, 11) is -4.06. The molecule has 9 heteroatoms. The molecule has 1 rings (SSSR count). The van der Waals surface area contributed by atoms with Crippen LogP contribution in [-0.4, -0.2) is 27.3 Å². The van der Waals surface area contributed by atoms with Gasteiger partial charge >= 0.3 is 0 Å². The normalized spacial score (nSPS) is 11.7. The Morgan fingerprint density at radius 2 is 2.05 bits per heavy atom. The summed E-state index contributed by atoms with van der Waals surface area (Å²) < 4.78 is 46.6. The maximum atomic E-state index is 12.0. The van der Waals surface area contributed by atoms with Gasteiger partial charge in [-0.2, -0.15) is 0 Å². The Morgan fingerprint density at radius 1 is 1.47 bits per heavy atom. The van der Waals surface area contributed by atoms with Crippen molar-refractivity contribution in [2.24, 2.45) is 5.14 Å². The molecule has 0 saturated carbocycles. The van der Waals surface area contributed by atoms with E-state index < -0.39 is 28.9 Å². The number of hydrogen-bond donors (Lipinski definition) is 2. The van der Waals surface area contributed by atoms with Crippen molar-refractivity contribution in [3.05, 3.63) is 28.3 Å². The molecular formula is C10H11ClF2N2O3S. The zero-order valence-electron chi connectivity index (χ0n) is 9.78. The molecule has 0 bridgehead atoms. The van der Waals surface area contributed by atoms with Gasteiger partial charge in [-0.05, 0) is 24.6 Å². The van der Waals surface area contributed by atoms with Crippen LogP contribution in [0, 0.1) is 6.92 Å². The van der Waals surface area contributed by atoms with E-state index in [-0.39, 0.29) is 21.0 Å². The van der Waals surface area contributed by atoms with Crippen LogP contribution in [0.2, 0.25) is 5.02 Å². The zero-order chi connectivity index (χ0) is 14.8. The standard InChI is InChI=1S/C10H11ClF2N2O3S/c1-5-7(11)2-6(3-8(5)19(14,17)18)10(16)15-4-9(12)13/h2-3,9H,4H2,1H3,(H,15,16)(H2,14,17,18). The predicted molar refractivity (Wildman–Crippen MR) is 65.9 cm³/mol. The van der Waals surface area contributed by atoms with E-state index in [4.69, 9.17) is 16.7 Å². The Labute approximate surface area is 113 Å². The molecule has 1 aromatic carbocycles. The summed E-state index contributed by atoms with van der Waals surface area (Å²) in [5.74, 6) is -0.855. The van der Waals surface area contributed by atoms with E-state index in [1.54, 1.807) is 0 Å². The molecule has 0 atom stereocenters. The Hall–Kier alpha value is -1.25. The molecule has 1 aromatic rings. The number of rotatable bonds is 4. The molecule has 5 nitrogen and oxygen atoms in total. The number of carbonyl (C=O) groups is 1. The summed E-state index contributed by atoms with van der Waals surface area (Å²) in [4.78, 5) is 11.2. The quantitative estimate of drug-likeness (QED) is 0.878. The van der Waals surface area contributed by atoms with Crippen molar-refractivity contribution in [3.8, 4) is 0 Å². The lowest BCUT2D eigenvalue weighted by Gasteiger charge is -2.10. The third kappa shape index (κ3) is 4.12. The fourth-order valence-corrected chi connectivity index (χ4v) is 2.46. The van der Waals surface area contributed by atoms with Crippen molar-refractivity contribution in [2.75, 3.05) is 6.54 Å². The van der Waals surface area contributed by atoms with E-state index in [2.05, 4.69) is 0 Å². The van der Waals surface area contributed by atoms with E-state index >= 15 is 0 Å². The zero-order valence-corrected chi connectivity index (χ0v) is 11.4. The van der Waals surface area contributed by atoms with Gasteiger partial charge in [0.2, 0.25) is 10.0 Å². The molecular weight excluding hydrogens is 302 g/mol. The van der Waals surface area contributed by atoms with Gasteiger partial charge in [-0.15, -0.1) is 0 Å². The molecule has 0 spiro atoms. The summed E-state index contributed by atoms with van der Waals surface area (Å²) in [6.07, 6.45) is -2.71. The van der Waals surface area contributed by atoms with Gasteiger partial charge in [-0.25, -0.2) is 22.3 Å². The van der Waals surface area contributed by atoms with Gasteiger partial charge in [0, 0.05) is 10.6 Å². The molecule has 1 amide bonds. The van der Waals surface area contributed by atoms with Crippen LogP contribution in [0.25, 0.3) is 0 Å². The summed E-state index contributed by atoms with van der Waals surface area (Å²) in [6, 6.07) is 2.18. The maximum Gasteiger partial charge on any atom is 0.255 e. The molecule has 0 aromatic heterocycles. The maximum absolute atomic E-state index is 12.0. The van der Waals surface area contributed by atoms with Crippen LogP contribution in [0.15, 0.2) is 17.0 Å². The molecule has 0 saturated heterocycles. The Balaban J connectivity index is 3.18. The van der Waals surface area contributed by atoms with E-state index in [9.17, 15) is 22.0 Å². The first-order valence-electron chi connectivity index (χ1n) is 5.02. The number of halogens is 3. The second-order valence-electron chi connectivity index (χ2n) is 3.73. The van der Waals surface area contributed by atoms with Gasteiger partial charge in [0.25, 0.3) is 12.3 Å². The number of sulfonamides is 1. The first-order valence-corrected chi connectivity index (χ1v) is 6.94. The minimum atomic E-state index is -4.06. The molecule has 0 aliphatic carbocycles. The lowest BCUT2D eigenvalue weighted by Crippen LogP contribution is -2.28. The van der Waals surface area contributed by atoms with Crippen LogP contribution in [0.3, 0.4) is 0 Å². The lowest BCUT2D eigenvalue weighted by atomic mass is 10.1. The molecule has 106 valence electrons. The molecule has 0 unspecified atom stereocenters. The number of nitrogens with one attached hydrogen (secondary N) is 1. The fourth-order valence-electron chi connectivity index (χ4n) is 1.35. The van der Waals surface area contributed by atoms with Crippen molar-refractivity contribution >= 4 is 27.5 Å². The highest BCUT2D eigenvalue weighted by Crippen LogP contribution is 2.24. The van der Waals surface area contributed by atoms with Crippen molar-refractivity contribution in [2.45, 2.75) is 18.2 Å². The van der Waals surface area contributed by atoms with Crippen LogP contribution in [0.4, 0.5) is 8.78 Å². The van der Waals surface area contributed by atoms with Gasteiger partial charge < -0.3 is 5.32 Å². The predicted octanol–water partition coefficient (Wildman–Crippen LogP) is 1.29. The van der Waals surface area contributed by atoms with Crippen LogP contribution >= 0.6 is 11.6 Å². The second kappa shape index (κ2) is 5.81. The second-order valence-corrected chi connectivity index (χ2v) is 5.66. The molecule has 0 fully saturated rings. The monoisotopic (exact) mass is 312 g/mol. The number of carbonyl (C=O) groups excluding carboxylic acids is 1. The summed E-state index contributed by atoms with van der Waals surface area (Å²) in [5.41, 5.74) is 0.0369.